The van der Waals surface area contributed by atoms with Gasteiger partial charge >= 0.3 is 5.97 Å². The fourth-order valence-corrected chi connectivity index (χ4v) is 6.09. The first-order valence-electron chi connectivity index (χ1n) is 14.2. The topological polar surface area (TPSA) is 97.6 Å². The van der Waals surface area contributed by atoms with Crippen molar-refractivity contribution in [1.29, 1.82) is 0 Å². The predicted octanol–water partition coefficient (Wildman–Crippen LogP) is 4.79. The quantitative estimate of drug-likeness (QED) is 0.224. The Hall–Kier alpha value is -4.83. The number of hydrogen-bond acceptors (Lipinski definition) is 9. The Bertz CT molecular complexity index is 1870. The summed E-state index contributed by atoms with van der Waals surface area (Å²) in [6.07, 6.45) is 1.81. The largest absolute Gasteiger partial charge is 0.497 e. The molecule has 44 heavy (non-hydrogen) atoms. The first-order valence-corrected chi connectivity index (χ1v) is 15.0. The van der Waals surface area contributed by atoms with Gasteiger partial charge < -0.3 is 23.7 Å². The second-order valence-electron chi connectivity index (χ2n) is 9.81. The second-order valence-corrected chi connectivity index (χ2v) is 10.8. The minimum atomic E-state index is -0.750. The van der Waals surface area contributed by atoms with E-state index in [1.54, 1.807) is 32.6 Å². The Kier molecular flexibility index (Phi) is 9.50. The smallest absolute Gasteiger partial charge is 0.338 e. The highest BCUT2D eigenvalue weighted by Crippen LogP contribution is 2.36. The van der Waals surface area contributed by atoms with Crippen LogP contribution in [0.15, 0.2) is 87.8 Å². The van der Waals surface area contributed by atoms with Gasteiger partial charge in [-0.2, -0.15) is 0 Å². The lowest BCUT2D eigenvalue weighted by Gasteiger charge is -2.26. The molecule has 10 heteroatoms. The van der Waals surface area contributed by atoms with Crippen molar-refractivity contribution in [3.05, 3.63) is 114 Å². The van der Waals surface area contributed by atoms with Crippen molar-refractivity contribution < 1.29 is 28.5 Å². The van der Waals surface area contributed by atoms with Gasteiger partial charge in [-0.05, 0) is 68.8 Å². The number of rotatable bonds is 11. The zero-order chi connectivity index (χ0) is 31.2. The van der Waals surface area contributed by atoms with E-state index in [2.05, 4.69) is 4.99 Å². The highest BCUT2D eigenvalue weighted by Gasteiger charge is 2.35. The lowest BCUT2D eigenvalue weighted by atomic mass is 9.95. The molecule has 0 N–H and O–H groups in total. The van der Waals surface area contributed by atoms with Gasteiger partial charge in [-0.1, -0.05) is 41.7 Å². The lowest BCUT2D eigenvalue weighted by Crippen LogP contribution is -2.40. The van der Waals surface area contributed by atoms with Crippen molar-refractivity contribution in [1.82, 2.24) is 4.57 Å². The molecule has 0 amide bonds. The Morgan fingerprint density at radius 2 is 1.68 bits per heavy atom. The van der Waals surface area contributed by atoms with Gasteiger partial charge in [0.2, 0.25) is 0 Å². The summed E-state index contributed by atoms with van der Waals surface area (Å²) in [5, 5.41) is 0. The van der Waals surface area contributed by atoms with Crippen molar-refractivity contribution in [2.24, 2.45) is 4.99 Å². The number of ether oxygens (including phenoxy) is 5. The number of carbonyl (C=O) groups excluding carboxylic acids is 1. The molecule has 0 unspecified atom stereocenters. The molecule has 1 aliphatic heterocycles. The molecule has 3 aromatic carbocycles. The Morgan fingerprint density at radius 3 is 2.39 bits per heavy atom. The molecule has 228 valence electrons. The summed E-state index contributed by atoms with van der Waals surface area (Å²) in [7, 11) is 3.23. The van der Waals surface area contributed by atoms with E-state index >= 15 is 0 Å². The molecule has 0 aliphatic carbocycles. The van der Waals surface area contributed by atoms with E-state index in [1.165, 1.54) is 11.3 Å². The van der Waals surface area contributed by atoms with Crippen LogP contribution in [0.1, 0.15) is 43.5 Å². The summed E-state index contributed by atoms with van der Waals surface area (Å²) in [5.41, 5.74) is 2.91. The van der Waals surface area contributed by atoms with Gasteiger partial charge in [0, 0.05) is 11.1 Å². The number of aromatic nitrogens is 1. The zero-order valence-electron chi connectivity index (χ0n) is 25.3. The van der Waals surface area contributed by atoms with Crippen LogP contribution in [-0.2, 0) is 16.1 Å². The van der Waals surface area contributed by atoms with Crippen molar-refractivity contribution in [3.63, 3.8) is 0 Å². The van der Waals surface area contributed by atoms with Gasteiger partial charge in [-0.25, -0.2) is 9.79 Å². The summed E-state index contributed by atoms with van der Waals surface area (Å²) >= 11 is 1.27. The average molecular weight is 615 g/mol. The minimum Gasteiger partial charge on any atom is -0.497 e. The van der Waals surface area contributed by atoms with E-state index in [0.29, 0.717) is 56.6 Å². The molecular formula is C34H34N2O7S. The van der Waals surface area contributed by atoms with Crippen molar-refractivity contribution >= 4 is 23.4 Å². The first kappa shape index (κ1) is 30.6. The van der Waals surface area contributed by atoms with E-state index in [1.807, 2.05) is 79.7 Å². The van der Waals surface area contributed by atoms with Crippen LogP contribution >= 0.6 is 11.3 Å². The van der Waals surface area contributed by atoms with E-state index in [0.717, 1.165) is 16.9 Å². The van der Waals surface area contributed by atoms with E-state index in [-0.39, 0.29) is 12.2 Å². The molecular weight excluding hydrogens is 580 g/mol. The van der Waals surface area contributed by atoms with Crippen LogP contribution in [0.5, 0.6) is 23.0 Å². The van der Waals surface area contributed by atoms with Crippen LogP contribution in [-0.4, -0.2) is 38.0 Å². The van der Waals surface area contributed by atoms with Crippen LogP contribution in [0.3, 0.4) is 0 Å². The molecule has 0 saturated carbocycles. The number of thiazole rings is 1. The van der Waals surface area contributed by atoms with Crippen LogP contribution in [0.4, 0.5) is 0 Å². The molecule has 0 saturated heterocycles. The van der Waals surface area contributed by atoms with Gasteiger partial charge in [0.05, 0.1) is 43.2 Å². The van der Waals surface area contributed by atoms with Crippen LogP contribution in [0, 0.1) is 0 Å². The summed E-state index contributed by atoms with van der Waals surface area (Å²) in [4.78, 5) is 32.3. The number of fused-ring (bicyclic) bond motifs is 1. The number of allylic oxidation sites excluding steroid dienone is 1. The molecule has 4 aromatic rings. The summed E-state index contributed by atoms with van der Waals surface area (Å²) in [5.74, 6) is 2.17. The van der Waals surface area contributed by atoms with Crippen LogP contribution in [0.2, 0.25) is 0 Å². The number of nitrogens with zero attached hydrogens (tertiary/aromatic N) is 2. The maximum absolute atomic E-state index is 14.0. The number of carbonyl (C=O) groups is 1. The highest BCUT2D eigenvalue weighted by molar-refractivity contribution is 7.07. The molecule has 9 nitrogen and oxygen atoms in total. The standard InChI is InChI=1S/C34H34N2O7S/c1-6-41-28-11-9-8-10-26(28)31-30(33(38)42-7-2)21(3)35-34-36(31)32(37)29(44-34)18-22-12-14-24(15-13-22)43-20-23-19-25(39-4)16-17-27(23)40-5/h8-19,31H,6-7,20H2,1-5H3/b29-18-/t31-/m1/s1. The fraction of sp³-hybridized carbons (Fsp3) is 0.265. The summed E-state index contributed by atoms with van der Waals surface area (Å²) in [6, 6.07) is 19.7. The third-order valence-electron chi connectivity index (χ3n) is 7.09. The van der Waals surface area contributed by atoms with Crippen molar-refractivity contribution in [2.75, 3.05) is 27.4 Å². The van der Waals surface area contributed by atoms with Crippen LogP contribution < -0.4 is 33.8 Å². The van der Waals surface area contributed by atoms with Gasteiger partial charge in [0.25, 0.3) is 5.56 Å². The van der Waals surface area contributed by atoms with Gasteiger partial charge in [-0.3, -0.25) is 9.36 Å². The molecule has 1 aromatic heterocycles. The number of benzene rings is 3. The van der Waals surface area contributed by atoms with Crippen molar-refractivity contribution in [3.8, 4) is 23.0 Å². The van der Waals surface area contributed by atoms with Gasteiger partial charge in [0.15, 0.2) is 4.80 Å². The van der Waals surface area contributed by atoms with Gasteiger partial charge in [0.1, 0.15) is 35.6 Å². The molecule has 2 heterocycles. The zero-order valence-corrected chi connectivity index (χ0v) is 26.1. The van der Waals surface area contributed by atoms with E-state index in [4.69, 9.17) is 23.7 Å². The molecule has 1 atom stereocenters. The normalized spacial score (nSPS) is 14.5. The lowest BCUT2D eigenvalue weighted by molar-refractivity contribution is -0.139. The molecule has 1 aliphatic rings. The Balaban J connectivity index is 1.49. The average Bonchev–Trinajstić information content (AvgIpc) is 3.34. The molecule has 5 rings (SSSR count). The van der Waals surface area contributed by atoms with Gasteiger partial charge in [-0.15, -0.1) is 0 Å². The second kappa shape index (κ2) is 13.6. The van der Waals surface area contributed by atoms with E-state index in [9.17, 15) is 9.59 Å². The number of methoxy groups -OCH3 is 2. The molecule has 0 bridgehead atoms. The monoisotopic (exact) mass is 614 g/mol. The fourth-order valence-electron chi connectivity index (χ4n) is 5.05. The minimum absolute atomic E-state index is 0.201. The van der Waals surface area contributed by atoms with E-state index < -0.39 is 12.0 Å². The Labute approximate surface area is 259 Å². The summed E-state index contributed by atoms with van der Waals surface area (Å²) < 4.78 is 30.1. The molecule has 0 spiro atoms. The predicted molar refractivity (Wildman–Crippen MR) is 168 cm³/mol. The first-order chi connectivity index (χ1) is 21.4. The van der Waals surface area contributed by atoms with Crippen LogP contribution in [0.25, 0.3) is 6.08 Å². The number of hydrogen-bond donors (Lipinski definition) is 0. The Morgan fingerprint density at radius 1 is 0.932 bits per heavy atom. The summed E-state index contributed by atoms with van der Waals surface area (Å²) in [6.45, 7) is 6.33. The molecule has 0 fully saturated rings. The number of para-hydroxylation sites is 1. The molecule has 0 radical (unpaired) electrons. The third-order valence-corrected chi connectivity index (χ3v) is 8.07. The maximum atomic E-state index is 14.0. The number of esters is 1. The third kappa shape index (κ3) is 6.26. The SMILES string of the molecule is CCOC(=O)C1=C(C)N=c2s/c(=C\c3ccc(OCc4cc(OC)ccc4OC)cc3)c(=O)n2[C@@H]1c1ccccc1OCC. The van der Waals surface area contributed by atoms with Crippen molar-refractivity contribution in [2.45, 2.75) is 33.4 Å². The highest BCUT2D eigenvalue weighted by atomic mass is 32.1. The maximum Gasteiger partial charge on any atom is 0.338 e.